The topological polar surface area (TPSA) is 190 Å². The summed E-state index contributed by atoms with van der Waals surface area (Å²) in [5.41, 5.74) is 7.12. The number of likely N-dealkylation sites (N-methyl/N-ethyl adjacent to an activating group) is 1. The van der Waals surface area contributed by atoms with Crippen molar-refractivity contribution >= 4 is 27.8 Å². The molecule has 0 radical (unpaired) electrons. The molecule has 1 saturated heterocycles. The van der Waals surface area contributed by atoms with Gasteiger partial charge >= 0.3 is 0 Å². The van der Waals surface area contributed by atoms with Gasteiger partial charge < -0.3 is 25.6 Å². The van der Waals surface area contributed by atoms with Crippen LogP contribution >= 0.6 is 0 Å². The lowest BCUT2D eigenvalue weighted by molar-refractivity contribution is -0.486. The van der Waals surface area contributed by atoms with Crippen LogP contribution < -0.4 is 15.8 Å². The SMILES string of the molecule is CCOC1[C@@H](NC(=O)CN(C)C(=O)[C@@H](Cc2ccccc2)NS(=O)(=O)Cc2ccccc2)CCCN1/C(N)=N/[N+](=O)[O-]. The fourth-order valence-corrected chi connectivity index (χ4v) is 6.10. The van der Waals surface area contributed by atoms with Crippen LogP contribution in [0.15, 0.2) is 65.8 Å². The molecule has 0 bridgehead atoms. The van der Waals surface area contributed by atoms with E-state index in [4.69, 9.17) is 10.5 Å². The molecule has 3 rings (SSSR count). The predicted molar refractivity (Wildman–Crippen MR) is 156 cm³/mol. The first-order valence-electron chi connectivity index (χ1n) is 13.5. The molecule has 3 atom stereocenters. The second-order valence-corrected chi connectivity index (χ2v) is 11.6. The number of nitrogens with two attached hydrogens (primary N) is 1. The van der Waals surface area contributed by atoms with E-state index in [2.05, 4.69) is 15.1 Å². The molecule has 42 heavy (non-hydrogen) atoms. The number of hydrogen-bond donors (Lipinski definition) is 3. The molecule has 14 nitrogen and oxygen atoms in total. The molecule has 1 unspecified atom stereocenters. The second kappa shape index (κ2) is 15.2. The van der Waals surface area contributed by atoms with Crippen molar-refractivity contribution in [2.24, 2.45) is 10.8 Å². The number of likely N-dealkylation sites (tertiary alicyclic amines) is 1. The van der Waals surface area contributed by atoms with E-state index in [1.807, 2.05) is 6.07 Å². The largest absolute Gasteiger partial charge is 0.364 e. The molecule has 228 valence electrons. The maximum Gasteiger partial charge on any atom is 0.270 e. The number of nitrogens with zero attached hydrogens (tertiary/aromatic N) is 4. The van der Waals surface area contributed by atoms with Crippen molar-refractivity contribution in [1.82, 2.24) is 19.8 Å². The summed E-state index contributed by atoms with van der Waals surface area (Å²) in [6.07, 6.45) is 0.345. The lowest BCUT2D eigenvalue weighted by atomic mass is 10.0. The van der Waals surface area contributed by atoms with Crippen LogP contribution in [0.1, 0.15) is 30.9 Å². The Balaban J connectivity index is 1.71. The van der Waals surface area contributed by atoms with Gasteiger partial charge in [-0.3, -0.25) is 9.59 Å². The predicted octanol–water partition coefficient (Wildman–Crippen LogP) is 0.625. The Bertz CT molecular complexity index is 1340. The highest BCUT2D eigenvalue weighted by atomic mass is 32.2. The third kappa shape index (κ3) is 9.78. The summed E-state index contributed by atoms with van der Waals surface area (Å²) in [4.78, 5) is 40.0. The van der Waals surface area contributed by atoms with Crippen LogP contribution in [0.2, 0.25) is 0 Å². The maximum atomic E-state index is 13.5. The third-order valence-corrected chi connectivity index (χ3v) is 7.94. The van der Waals surface area contributed by atoms with E-state index in [0.717, 1.165) is 10.5 Å². The zero-order chi connectivity index (χ0) is 30.7. The molecule has 0 aromatic heterocycles. The first kappa shape index (κ1) is 32.4. The van der Waals surface area contributed by atoms with Gasteiger partial charge in [-0.25, -0.2) is 23.3 Å². The van der Waals surface area contributed by atoms with Gasteiger partial charge in [-0.2, -0.15) is 0 Å². The highest BCUT2D eigenvalue weighted by Gasteiger charge is 2.36. The highest BCUT2D eigenvalue weighted by Crippen LogP contribution is 2.19. The van der Waals surface area contributed by atoms with Crippen LogP contribution in [0.25, 0.3) is 0 Å². The van der Waals surface area contributed by atoms with Gasteiger partial charge in [-0.05, 0) is 37.3 Å². The zero-order valence-corrected chi connectivity index (χ0v) is 24.4. The quantitative estimate of drug-likeness (QED) is 0.128. The molecule has 15 heteroatoms. The molecule has 0 saturated carbocycles. The molecular weight excluding hydrogens is 566 g/mol. The Morgan fingerprint density at radius 2 is 1.79 bits per heavy atom. The molecule has 0 aliphatic carbocycles. The Kier molecular flexibility index (Phi) is 11.8. The van der Waals surface area contributed by atoms with E-state index in [0.29, 0.717) is 24.9 Å². The second-order valence-electron chi connectivity index (χ2n) is 9.85. The molecule has 1 aliphatic rings. The fourth-order valence-electron chi connectivity index (χ4n) is 4.77. The minimum absolute atomic E-state index is 0.0821. The number of nitro groups is 1. The normalized spacial score (nSPS) is 18.2. The van der Waals surface area contributed by atoms with Crippen molar-refractivity contribution in [3.63, 3.8) is 0 Å². The van der Waals surface area contributed by atoms with Crippen LogP contribution in [-0.4, -0.2) is 86.1 Å². The van der Waals surface area contributed by atoms with Crippen molar-refractivity contribution in [1.29, 1.82) is 0 Å². The minimum atomic E-state index is -3.91. The van der Waals surface area contributed by atoms with Gasteiger partial charge in [0, 0.05) is 20.2 Å². The fraction of sp³-hybridized carbons (Fsp3) is 0.444. The van der Waals surface area contributed by atoms with E-state index in [9.17, 15) is 28.1 Å². The molecule has 1 heterocycles. The first-order chi connectivity index (χ1) is 20.0. The van der Waals surface area contributed by atoms with E-state index >= 15 is 0 Å². The standard InChI is InChI=1S/C27H37N7O7S/c1-3-41-26-22(15-10-16-33(26)27(28)30-34(37)38)29-24(35)18-32(2)25(36)23(17-20-11-6-4-7-12-20)31-42(39,40)19-21-13-8-5-9-14-21/h4-9,11-14,22-23,26,31H,3,10,15-19H2,1-2H3,(H2,28,30)(H,29,35)/t22-,23+,26?/m0/s1. The highest BCUT2D eigenvalue weighted by molar-refractivity contribution is 7.88. The molecular formula is C27H37N7O7S. The number of benzene rings is 2. The maximum absolute atomic E-state index is 13.5. The van der Waals surface area contributed by atoms with Gasteiger partial charge in [0.05, 0.1) is 18.3 Å². The summed E-state index contributed by atoms with van der Waals surface area (Å²) in [7, 11) is -2.49. The number of carbonyl (C=O) groups excluding carboxylic acids is 2. The summed E-state index contributed by atoms with van der Waals surface area (Å²) in [5, 5.41) is 15.9. The minimum Gasteiger partial charge on any atom is -0.364 e. The molecule has 2 aromatic carbocycles. The molecule has 4 N–H and O–H groups in total. The van der Waals surface area contributed by atoms with Gasteiger partial charge in [0.2, 0.25) is 21.8 Å². The number of nitrogens with one attached hydrogen (secondary N) is 2. The van der Waals surface area contributed by atoms with E-state index < -0.39 is 45.2 Å². The number of hydrazone groups is 1. The van der Waals surface area contributed by atoms with E-state index in [1.54, 1.807) is 61.5 Å². The van der Waals surface area contributed by atoms with E-state index in [-0.39, 0.29) is 31.3 Å². The first-order valence-corrected chi connectivity index (χ1v) is 15.1. The van der Waals surface area contributed by atoms with Gasteiger partial charge in [0.15, 0.2) is 11.3 Å². The van der Waals surface area contributed by atoms with Crippen molar-refractivity contribution in [2.75, 3.05) is 26.7 Å². The molecule has 0 spiro atoms. The lowest BCUT2D eigenvalue weighted by Crippen LogP contribution is -2.61. The van der Waals surface area contributed by atoms with Gasteiger partial charge in [0.25, 0.3) is 5.96 Å². The third-order valence-electron chi connectivity index (χ3n) is 6.59. The number of amides is 2. The van der Waals surface area contributed by atoms with Crippen molar-refractivity contribution in [2.45, 2.75) is 50.3 Å². The number of guanidine groups is 1. The summed E-state index contributed by atoms with van der Waals surface area (Å²) in [6.45, 7) is 1.98. The number of ether oxygens (including phenoxy) is 1. The molecule has 2 amide bonds. The molecule has 1 fully saturated rings. The van der Waals surface area contributed by atoms with Gasteiger partial charge in [0.1, 0.15) is 11.1 Å². The summed E-state index contributed by atoms with van der Waals surface area (Å²) >= 11 is 0. The Morgan fingerprint density at radius 3 is 2.38 bits per heavy atom. The summed E-state index contributed by atoms with van der Waals surface area (Å²) < 4.78 is 34.3. The zero-order valence-electron chi connectivity index (χ0n) is 23.6. The number of rotatable bonds is 13. The van der Waals surface area contributed by atoms with Crippen LogP contribution in [0.3, 0.4) is 0 Å². The van der Waals surface area contributed by atoms with E-state index in [1.165, 1.54) is 11.9 Å². The summed E-state index contributed by atoms with van der Waals surface area (Å²) in [6, 6.07) is 15.8. The van der Waals surface area contributed by atoms with Crippen LogP contribution in [0, 0.1) is 10.1 Å². The Hall–Kier alpha value is -4.08. The number of carbonyl (C=O) groups is 2. The van der Waals surface area contributed by atoms with Gasteiger partial charge in [-0.15, -0.1) is 0 Å². The van der Waals surface area contributed by atoms with Crippen LogP contribution in [0.5, 0.6) is 0 Å². The smallest absolute Gasteiger partial charge is 0.270 e. The summed E-state index contributed by atoms with van der Waals surface area (Å²) in [5.74, 6) is -1.75. The van der Waals surface area contributed by atoms with Gasteiger partial charge in [-0.1, -0.05) is 60.7 Å². The lowest BCUT2D eigenvalue weighted by Gasteiger charge is -2.40. The molecule has 2 aromatic rings. The van der Waals surface area contributed by atoms with Crippen LogP contribution in [-0.2, 0) is 36.5 Å². The average Bonchev–Trinajstić information content (AvgIpc) is 2.93. The Morgan fingerprint density at radius 1 is 1.17 bits per heavy atom. The molecule has 1 aliphatic heterocycles. The van der Waals surface area contributed by atoms with Crippen molar-refractivity contribution < 1.29 is 27.8 Å². The number of hydrogen-bond acceptors (Lipinski definition) is 7. The van der Waals surface area contributed by atoms with Crippen LogP contribution in [0.4, 0.5) is 0 Å². The average molecular weight is 604 g/mol. The number of sulfonamides is 1. The Labute approximate surface area is 245 Å². The number of piperidine rings is 1. The monoisotopic (exact) mass is 603 g/mol. The van der Waals surface area contributed by atoms with Crippen molar-refractivity contribution in [3.8, 4) is 0 Å². The van der Waals surface area contributed by atoms with Crippen molar-refractivity contribution in [3.05, 3.63) is 81.9 Å².